The molecule has 1 N–H and O–H groups in total. The van der Waals surface area contributed by atoms with Crippen LogP contribution in [0.4, 0.5) is 5.69 Å². The number of anilines is 1. The fourth-order valence-electron chi connectivity index (χ4n) is 3.91. The van der Waals surface area contributed by atoms with Gasteiger partial charge >= 0.3 is 0 Å². The van der Waals surface area contributed by atoms with Crippen molar-refractivity contribution in [2.75, 3.05) is 44.7 Å². The Morgan fingerprint density at radius 2 is 1.96 bits per heavy atom. The van der Waals surface area contributed by atoms with E-state index in [1.807, 2.05) is 18.0 Å². The van der Waals surface area contributed by atoms with E-state index < -0.39 is 0 Å². The minimum absolute atomic E-state index is 0.0693. The third-order valence-electron chi connectivity index (χ3n) is 5.55. The zero-order valence-electron chi connectivity index (χ0n) is 16.3. The number of benzene rings is 1. The van der Waals surface area contributed by atoms with E-state index in [1.165, 1.54) is 0 Å². The lowest BCUT2D eigenvalue weighted by molar-refractivity contribution is 0.0518. The number of hydrogen-bond donors (Lipinski definition) is 1. The second kappa shape index (κ2) is 8.56. The molecular formula is C20H33N3O2. The molecule has 0 bridgehead atoms. The fraction of sp³-hybridized carbons (Fsp3) is 0.650. The molecular weight excluding hydrogens is 314 g/mol. The van der Waals surface area contributed by atoms with Crippen molar-refractivity contribution in [1.82, 2.24) is 9.80 Å². The highest BCUT2D eigenvalue weighted by molar-refractivity contribution is 5.97. The maximum atomic E-state index is 12.9. The van der Waals surface area contributed by atoms with Crippen LogP contribution >= 0.6 is 0 Å². The highest BCUT2D eigenvalue weighted by Crippen LogP contribution is 2.28. The van der Waals surface area contributed by atoms with Crippen LogP contribution in [0.5, 0.6) is 5.75 Å². The number of likely N-dealkylation sites (tertiary alicyclic amines) is 1. The van der Waals surface area contributed by atoms with Crippen molar-refractivity contribution in [3.8, 4) is 5.75 Å². The van der Waals surface area contributed by atoms with E-state index in [0.717, 1.165) is 44.8 Å². The van der Waals surface area contributed by atoms with E-state index in [-0.39, 0.29) is 17.7 Å². The van der Waals surface area contributed by atoms with E-state index in [1.54, 1.807) is 12.1 Å². The molecule has 0 radical (unpaired) electrons. The molecule has 5 heteroatoms. The summed E-state index contributed by atoms with van der Waals surface area (Å²) in [5.74, 6) is 0.407. The van der Waals surface area contributed by atoms with Crippen molar-refractivity contribution >= 4 is 11.6 Å². The van der Waals surface area contributed by atoms with Gasteiger partial charge in [-0.2, -0.15) is 0 Å². The van der Waals surface area contributed by atoms with Gasteiger partial charge in [0.1, 0.15) is 5.75 Å². The Hall–Kier alpha value is -1.75. The smallest absolute Gasteiger partial charge is 0.257 e. The van der Waals surface area contributed by atoms with Crippen LogP contribution in [0.1, 0.15) is 44.5 Å². The first-order chi connectivity index (χ1) is 11.9. The number of carbonyl (C=O) groups is 1. The summed E-state index contributed by atoms with van der Waals surface area (Å²) in [4.78, 5) is 19.3. The van der Waals surface area contributed by atoms with Crippen molar-refractivity contribution in [2.45, 2.75) is 40.2 Å². The van der Waals surface area contributed by atoms with Crippen molar-refractivity contribution in [1.29, 1.82) is 0 Å². The van der Waals surface area contributed by atoms with Crippen molar-refractivity contribution in [3.63, 3.8) is 0 Å². The molecule has 5 nitrogen and oxygen atoms in total. The quantitative estimate of drug-likeness (QED) is 0.859. The second-order valence-corrected chi connectivity index (χ2v) is 7.02. The van der Waals surface area contributed by atoms with Crippen LogP contribution < -0.4 is 4.90 Å². The van der Waals surface area contributed by atoms with E-state index in [9.17, 15) is 9.90 Å². The number of hydrogen-bond acceptors (Lipinski definition) is 4. The van der Waals surface area contributed by atoms with Gasteiger partial charge in [0.2, 0.25) is 0 Å². The van der Waals surface area contributed by atoms with E-state index in [4.69, 9.17) is 0 Å². The molecule has 2 atom stereocenters. The summed E-state index contributed by atoms with van der Waals surface area (Å²) in [5, 5.41) is 10.4. The molecule has 25 heavy (non-hydrogen) atoms. The fourth-order valence-corrected chi connectivity index (χ4v) is 3.91. The molecule has 0 unspecified atom stereocenters. The van der Waals surface area contributed by atoms with Gasteiger partial charge in [0.25, 0.3) is 5.91 Å². The number of amides is 1. The maximum absolute atomic E-state index is 12.9. The Morgan fingerprint density at radius 1 is 1.28 bits per heavy atom. The van der Waals surface area contributed by atoms with Crippen LogP contribution in [0.2, 0.25) is 0 Å². The molecule has 1 aromatic carbocycles. The first-order valence-electron chi connectivity index (χ1n) is 9.50. The molecule has 0 spiro atoms. The zero-order chi connectivity index (χ0) is 18.6. The lowest BCUT2D eigenvalue weighted by Crippen LogP contribution is -2.50. The van der Waals surface area contributed by atoms with E-state index in [0.29, 0.717) is 11.5 Å². The molecule has 1 heterocycles. The molecule has 1 saturated heterocycles. The van der Waals surface area contributed by atoms with Crippen LogP contribution in [-0.4, -0.2) is 66.6 Å². The molecule has 2 rings (SSSR count). The van der Waals surface area contributed by atoms with Gasteiger partial charge in [-0.3, -0.25) is 4.79 Å². The predicted octanol–water partition coefficient (Wildman–Crippen LogP) is 3.04. The Morgan fingerprint density at radius 3 is 2.48 bits per heavy atom. The van der Waals surface area contributed by atoms with Crippen molar-refractivity contribution < 1.29 is 9.90 Å². The predicted molar refractivity (Wildman–Crippen MR) is 103 cm³/mol. The van der Waals surface area contributed by atoms with Gasteiger partial charge in [0.15, 0.2) is 0 Å². The summed E-state index contributed by atoms with van der Waals surface area (Å²) < 4.78 is 0. The molecule has 0 saturated carbocycles. The first kappa shape index (κ1) is 19.6. The molecule has 1 amide bonds. The van der Waals surface area contributed by atoms with Gasteiger partial charge in [-0.15, -0.1) is 0 Å². The molecule has 1 fully saturated rings. The summed E-state index contributed by atoms with van der Waals surface area (Å²) in [7, 11) is 1.86. The number of rotatable bonds is 6. The summed E-state index contributed by atoms with van der Waals surface area (Å²) >= 11 is 0. The lowest BCUT2D eigenvalue weighted by atomic mass is 9.92. The molecule has 0 aromatic heterocycles. The first-order valence-corrected chi connectivity index (χ1v) is 9.50. The third kappa shape index (κ3) is 4.27. The Kier molecular flexibility index (Phi) is 6.71. The number of phenolic OH excluding ortho intramolecular Hbond substituents is 1. The van der Waals surface area contributed by atoms with E-state index in [2.05, 4.69) is 37.5 Å². The van der Waals surface area contributed by atoms with Crippen molar-refractivity contribution in [3.05, 3.63) is 23.8 Å². The number of carbonyl (C=O) groups excluding carboxylic acids is 1. The van der Waals surface area contributed by atoms with E-state index >= 15 is 0 Å². The molecule has 1 aliphatic rings. The normalized spacial score (nSPS) is 21.2. The minimum Gasteiger partial charge on any atom is -0.507 e. The standard InChI is InChI=1S/C20H33N3O2/c1-6-22-12-11-18(15(4)14-22)21(5)20(25)17-10-9-16(13-19(17)24)23(7-2)8-3/h9-10,13,15,18,24H,6-8,11-12,14H2,1-5H3/t15-,18-/m1/s1. The van der Waals surface area contributed by atoms with Crippen LogP contribution in [0.25, 0.3) is 0 Å². The van der Waals surface area contributed by atoms with Gasteiger partial charge in [0, 0.05) is 51.0 Å². The summed E-state index contributed by atoms with van der Waals surface area (Å²) in [6, 6.07) is 5.61. The highest BCUT2D eigenvalue weighted by Gasteiger charge is 2.31. The average molecular weight is 348 g/mol. The van der Waals surface area contributed by atoms with Crippen LogP contribution in [0.15, 0.2) is 18.2 Å². The highest BCUT2D eigenvalue weighted by atomic mass is 16.3. The summed E-state index contributed by atoms with van der Waals surface area (Å²) in [6.07, 6.45) is 0.982. The van der Waals surface area contributed by atoms with Gasteiger partial charge in [-0.25, -0.2) is 0 Å². The molecule has 1 aliphatic heterocycles. The largest absolute Gasteiger partial charge is 0.507 e. The van der Waals surface area contributed by atoms with Crippen LogP contribution in [0, 0.1) is 5.92 Å². The summed E-state index contributed by atoms with van der Waals surface area (Å²) in [6.45, 7) is 13.4. The number of nitrogens with zero attached hydrogens (tertiary/aromatic N) is 3. The maximum Gasteiger partial charge on any atom is 0.257 e. The van der Waals surface area contributed by atoms with Gasteiger partial charge in [-0.1, -0.05) is 13.8 Å². The molecule has 140 valence electrons. The van der Waals surface area contributed by atoms with Crippen LogP contribution in [0.3, 0.4) is 0 Å². The monoisotopic (exact) mass is 347 g/mol. The third-order valence-corrected chi connectivity index (χ3v) is 5.55. The lowest BCUT2D eigenvalue weighted by Gasteiger charge is -2.41. The number of piperidine rings is 1. The van der Waals surface area contributed by atoms with Crippen LogP contribution in [-0.2, 0) is 0 Å². The Bertz CT molecular complexity index is 586. The molecule has 1 aromatic rings. The Labute approximate surface area is 152 Å². The number of aromatic hydroxyl groups is 1. The van der Waals surface area contributed by atoms with Gasteiger partial charge < -0.3 is 19.8 Å². The van der Waals surface area contributed by atoms with Gasteiger partial charge in [0.05, 0.1) is 5.56 Å². The average Bonchev–Trinajstić information content (AvgIpc) is 2.61. The topological polar surface area (TPSA) is 47.0 Å². The van der Waals surface area contributed by atoms with Gasteiger partial charge in [-0.05, 0) is 44.9 Å². The van der Waals surface area contributed by atoms with Crippen molar-refractivity contribution in [2.24, 2.45) is 5.92 Å². The SMILES string of the molecule is CCN1CC[C@@H](N(C)C(=O)c2ccc(N(CC)CC)cc2O)[C@H](C)C1. The zero-order valence-corrected chi connectivity index (χ0v) is 16.3. The Balaban J connectivity index is 2.14. The minimum atomic E-state index is -0.0922. The molecule has 0 aliphatic carbocycles. The second-order valence-electron chi connectivity index (χ2n) is 7.02. The number of phenols is 1. The summed E-state index contributed by atoms with van der Waals surface area (Å²) in [5.41, 5.74) is 1.34.